The molecule has 2 aromatic rings. The highest BCUT2D eigenvalue weighted by molar-refractivity contribution is 5.54. The van der Waals surface area contributed by atoms with Crippen LogP contribution in [0.4, 0.5) is 0 Å². The molecule has 12 heavy (non-hydrogen) atoms. The van der Waals surface area contributed by atoms with Crippen molar-refractivity contribution >= 4 is 0 Å². The third-order valence-electron chi connectivity index (χ3n) is 1.69. The van der Waals surface area contributed by atoms with Crippen molar-refractivity contribution in [2.24, 2.45) is 7.05 Å². The Kier molecular flexibility index (Phi) is 1.63. The van der Waals surface area contributed by atoms with Crippen molar-refractivity contribution in [1.82, 2.24) is 14.8 Å². The highest BCUT2D eigenvalue weighted by atomic mass is 15.2. The fraction of sp³-hybridized carbons (Fsp3) is 0.111. The Balaban J connectivity index is 2.51. The fourth-order valence-corrected chi connectivity index (χ4v) is 1.09. The number of aromatic nitrogens is 3. The van der Waals surface area contributed by atoms with Gasteiger partial charge in [0.05, 0.1) is 0 Å². The largest absolute Gasteiger partial charge is 0.307 e. The smallest absolute Gasteiger partial charge is 0.202 e. The van der Waals surface area contributed by atoms with Gasteiger partial charge < -0.3 is 4.57 Å². The molecule has 0 aliphatic heterocycles. The summed E-state index contributed by atoms with van der Waals surface area (Å²) in [5.74, 6) is 0.843. The van der Waals surface area contributed by atoms with E-state index in [1.165, 1.54) is 0 Å². The number of benzene rings is 1. The van der Waals surface area contributed by atoms with Gasteiger partial charge in [0.1, 0.15) is 0 Å². The summed E-state index contributed by atoms with van der Waals surface area (Å²) in [6.45, 7) is 0. The van der Waals surface area contributed by atoms with E-state index in [-0.39, 0.29) is 0 Å². The molecule has 0 aliphatic carbocycles. The van der Waals surface area contributed by atoms with E-state index >= 15 is 0 Å². The summed E-state index contributed by atoms with van der Waals surface area (Å²) >= 11 is 0. The normalized spacial score (nSPS) is 10.1. The molecule has 0 amide bonds. The molecule has 3 nitrogen and oxygen atoms in total. The summed E-state index contributed by atoms with van der Waals surface area (Å²) in [7, 11) is 1.88. The van der Waals surface area contributed by atoms with Gasteiger partial charge in [0.2, 0.25) is 6.33 Å². The van der Waals surface area contributed by atoms with Gasteiger partial charge in [-0.15, -0.1) is 10.2 Å². The second-order valence-electron chi connectivity index (χ2n) is 2.55. The Morgan fingerprint density at radius 3 is 2.58 bits per heavy atom. The first-order chi connectivity index (χ1) is 5.88. The van der Waals surface area contributed by atoms with Crippen molar-refractivity contribution in [3.05, 3.63) is 36.7 Å². The molecule has 1 heterocycles. The summed E-state index contributed by atoms with van der Waals surface area (Å²) < 4.78 is 1.77. The van der Waals surface area contributed by atoms with Crippen molar-refractivity contribution < 1.29 is 0 Å². The second kappa shape index (κ2) is 2.77. The minimum atomic E-state index is 0.843. The number of nitrogens with zero attached hydrogens (tertiary/aromatic N) is 3. The molecule has 0 unspecified atom stereocenters. The number of rotatable bonds is 1. The fourth-order valence-electron chi connectivity index (χ4n) is 1.09. The van der Waals surface area contributed by atoms with E-state index in [4.69, 9.17) is 0 Å². The Morgan fingerprint density at radius 1 is 1.25 bits per heavy atom. The predicted octanol–water partition coefficient (Wildman–Crippen LogP) is 1.28. The summed E-state index contributed by atoms with van der Waals surface area (Å²) in [6, 6.07) is 9.92. The zero-order chi connectivity index (χ0) is 8.39. The highest BCUT2D eigenvalue weighted by Gasteiger charge is 2.01. The van der Waals surface area contributed by atoms with Crippen LogP contribution < -0.4 is 0 Å². The summed E-state index contributed by atoms with van der Waals surface area (Å²) in [4.78, 5) is 0. The number of hydrogen-bond acceptors (Lipinski definition) is 2. The Labute approximate surface area is 70.7 Å². The zero-order valence-corrected chi connectivity index (χ0v) is 6.73. The maximum absolute atomic E-state index is 3.94. The Morgan fingerprint density at radius 2 is 2.00 bits per heavy atom. The molecule has 0 spiro atoms. The maximum Gasteiger partial charge on any atom is 0.202 e. The minimum Gasteiger partial charge on any atom is -0.307 e. The summed E-state index contributed by atoms with van der Waals surface area (Å²) in [6.07, 6.45) is 2.72. The molecule has 0 N–H and O–H groups in total. The standard InChI is InChI=1S/C9H8N3/c1-12-7-10-11-9(12)8-5-3-2-4-6-8/h2-6H,1H3. The SMILES string of the molecule is Cn1[c]nnc1-c1ccccc1. The minimum absolute atomic E-state index is 0.843. The molecule has 1 radical (unpaired) electrons. The molecule has 0 saturated carbocycles. The van der Waals surface area contributed by atoms with Crippen molar-refractivity contribution in [2.75, 3.05) is 0 Å². The van der Waals surface area contributed by atoms with Gasteiger partial charge in [-0.1, -0.05) is 30.3 Å². The lowest BCUT2D eigenvalue weighted by Crippen LogP contribution is -1.90. The first-order valence-electron chi connectivity index (χ1n) is 3.70. The average Bonchev–Trinajstić information content (AvgIpc) is 2.53. The van der Waals surface area contributed by atoms with Gasteiger partial charge in [-0.3, -0.25) is 0 Å². The van der Waals surface area contributed by atoms with E-state index in [0.29, 0.717) is 0 Å². The van der Waals surface area contributed by atoms with E-state index in [2.05, 4.69) is 16.5 Å². The maximum atomic E-state index is 3.94. The van der Waals surface area contributed by atoms with E-state index in [9.17, 15) is 0 Å². The van der Waals surface area contributed by atoms with Crippen molar-refractivity contribution in [1.29, 1.82) is 0 Å². The quantitative estimate of drug-likeness (QED) is 0.626. The van der Waals surface area contributed by atoms with Gasteiger partial charge in [0.15, 0.2) is 5.82 Å². The van der Waals surface area contributed by atoms with Crippen LogP contribution in [0.1, 0.15) is 0 Å². The van der Waals surface area contributed by atoms with E-state index < -0.39 is 0 Å². The zero-order valence-electron chi connectivity index (χ0n) is 6.73. The molecule has 3 heteroatoms. The molecule has 0 atom stereocenters. The molecule has 2 rings (SSSR count). The van der Waals surface area contributed by atoms with E-state index in [1.54, 1.807) is 4.57 Å². The van der Waals surface area contributed by atoms with Crippen LogP contribution >= 0.6 is 0 Å². The van der Waals surface area contributed by atoms with Crippen molar-refractivity contribution in [3.63, 3.8) is 0 Å². The summed E-state index contributed by atoms with van der Waals surface area (Å²) in [5, 5.41) is 7.63. The number of aryl methyl sites for hydroxylation is 1. The molecule has 0 saturated heterocycles. The third-order valence-corrected chi connectivity index (χ3v) is 1.69. The lowest BCUT2D eigenvalue weighted by atomic mass is 10.2. The van der Waals surface area contributed by atoms with Crippen LogP contribution in [0.5, 0.6) is 0 Å². The van der Waals surface area contributed by atoms with Crippen LogP contribution in [0.25, 0.3) is 11.4 Å². The second-order valence-corrected chi connectivity index (χ2v) is 2.55. The van der Waals surface area contributed by atoms with Crippen LogP contribution in [-0.2, 0) is 7.05 Å². The van der Waals surface area contributed by atoms with Gasteiger partial charge in [0.25, 0.3) is 0 Å². The molecule has 0 aliphatic rings. The van der Waals surface area contributed by atoms with Crippen LogP contribution in [0.15, 0.2) is 30.3 Å². The van der Waals surface area contributed by atoms with Crippen LogP contribution in [-0.4, -0.2) is 14.8 Å². The lowest BCUT2D eigenvalue weighted by Gasteiger charge is -1.97. The average molecular weight is 158 g/mol. The first-order valence-corrected chi connectivity index (χ1v) is 3.70. The topological polar surface area (TPSA) is 30.7 Å². The van der Waals surface area contributed by atoms with Crippen LogP contribution in [0.3, 0.4) is 0 Å². The molecule has 59 valence electrons. The van der Waals surface area contributed by atoms with Gasteiger partial charge >= 0.3 is 0 Å². The van der Waals surface area contributed by atoms with Gasteiger partial charge in [-0.05, 0) is 0 Å². The lowest BCUT2D eigenvalue weighted by molar-refractivity contribution is 0.910. The van der Waals surface area contributed by atoms with Crippen LogP contribution in [0.2, 0.25) is 0 Å². The van der Waals surface area contributed by atoms with Gasteiger partial charge in [-0.25, -0.2) is 0 Å². The van der Waals surface area contributed by atoms with E-state index in [0.717, 1.165) is 11.4 Å². The number of hydrogen-bond donors (Lipinski definition) is 0. The molecule has 0 fully saturated rings. The molecule has 1 aromatic carbocycles. The van der Waals surface area contributed by atoms with Gasteiger partial charge in [0, 0.05) is 12.6 Å². The molecule has 1 aromatic heterocycles. The molecular weight excluding hydrogens is 150 g/mol. The molecule has 0 bridgehead atoms. The van der Waals surface area contributed by atoms with Crippen molar-refractivity contribution in [3.8, 4) is 11.4 Å². The third kappa shape index (κ3) is 1.09. The van der Waals surface area contributed by atoms with Gasteiger partial charge in [-0.2, -0.15) is 0 Å². The van der Waals surface area contributed by atoms with Crippen molar-refractivity contribution in [2.45, 2.75) is 0 Å². The van der Waals surface area contributed by atoms with E-state index in [1.807, 2.05) is 37.4 Å². The Hall–Kier alpha value is -1.64. The predicted molar refractivity (Wildman–Crippen MR) is 45.3 cm³/mol. The first kappa shape index (κ1) is 7.03. The Bertz CT molecular complexity index is 364. The monoisotopic (exact) mass is 158 g/mol. The summed E-state index contributed by atoms with van der Waals surface area (Å²) in [5.41, 5.74) is 1.06. The van der Waals surface area contributed by atoms with Crippen LogP contribution in [0, 0.1) is 6.33 Å². The highest BCUT2D eigenvalue weighted by Crippen LogP contribution is 2.13. The molecular formula is C9H8N3.